The molecule has 4 rings (SSSR count). The lowest BCUT2D eigenvalue weighted by Gasteiger charge is -2.51. The molecular formula is C18H27N3O2S. The Hall–Kier alpha value is -0.980. The average molecular weight is 350 g/mol. The number of nitrogens with zero attached hydrogens (tertiary/aromatic N) is 3. The van der Waals surface area contributed by atoms with Crippen LogP contribution in [0.4, 0.5) is 0 Å². The van der Waals surface area contributed by atoms with E-state index in [1.54, 1.807) is 0 Å². The van der Waals surface area contributed by atoms with Crippen molar-refractivity contribution in [2.75, 3.05) is 26.7 Å². The lowest BCUT2D eigenvalue weighted by Crippen LogP contribution is -2.62. The van der Waals surface area contributed by atoms with Gasteiger partial charge in [0, 0.05) is 17.5 Å². The first-order valence-electron chi connectivity index (χ1n) is 9.22. The highest BCUT2D eigenvalue weighted by atomic mass is 32.1. The standard InChI is InChI=1S/C18H27N3O2S/c1-20-9-4-7-18(17(22)23)8-10-21(11-15(18)20)12-16-19-13-5-2-3-6-14(13)24-16/h15H,2-12H2,1H3,(H,22,23)/t15-,18+/m1/s1. The summed E-state index contributed by atoms with van der Waals surface area (Å²) in [5.41, 5.74) is 0.791. The number of fused-ring (bicyclic) bond motifs is 2. The number of hydrogen-bond acceptors (Lipinski definition) is 5. The second-order valence-electron chi connectivity index (χ2n) is 7.73. The van der Waals surface area contributed by atoms with Crippen molar-refractivity contribution in [2.24, 2.45) is 5.41 Å². The fourth-order valence-corrected chi connectivity index (χ4v) is 6.05. The van der Waals surface area contributed by atoms with E-state index in [1.807, 2.05) is 11.3 Å². The van der Waals surface area contributed by atoms with Gasteiger partial charge in [0.15, 0.2) is 0 Å². The minimum atomic E-state index is -0.594. The summed E-state index contributed by atoms with van der Waals surface area (Å²) < 4.78 is 0. The van der Waals surface area contributed by atoms with Gasteiger partial charge in [-0.1, -0.05) is 0 Å². The van der Waals surface area contributed by atoms with Crippen LogP contribution < -0.4 is 0 Å². The quantitative estimate of drug-likeness (QED) is 0.908. The molecule has 6 heteroatoms. The molecule has 2 saturated heterocycles. The molecule has 1 aromatic rings. The van der Waals surface area contributed by atoms with Crippen LogP contribution in [-0.2, 0) is 24.2 Å². The number of likely N-dealkylation sites (tertiary alicyclic amines) is 2. The van der Waals surface area contributed by atoms with E-state index in [0.717, 1.165) is 51.9 Å². The Balaban J connectivity index is 1.48. The lowest BCUT2D eigenvalue weighted by molar-refractivity contribution is -0.162. The largest absolute Gasteiger partial charge is 0.481 e. The Kier molecular flexibility index (Phi) is 4.39. The Bertz CT molecular complexity index is 608. The second kappa shape index (κ2) is 6.39. The van der Waals surface area contributed by atoms with Gasteiger partial charge in [-0.15, -0.1) is 11.3 Å². The van der Waals surface area contributed by atoms with Crippen molar-refractivity contribution in [1.82, 2.24) is 14.8 Å². The summed E-state index contributed by atoms with van der Waals surface area (Å²) in [6.07, 6.45) is 7.50. The molecule has 3 heterocycles. The molecule has 2 atom stereocenters. The zero-order chi connectivity index (χ0) is 16.7. The molecular weight excluding hydrogens is 322 g/mol. The first kappa shape index (κ1) is 16.5. The SMILES string of the molecule is CN1CCC[C@]2(C(=O)O)CCN(Cc3nc4c(s3)CCCC4)C[C@@H]12. The topological polar surface area (TPSA) is 56.7 Å². The Morgan fingerprint density at radius 1 is 1.29 bits per heavy atom. The molecule has 0 saturated carbocycles. The number of aromatic nitrogens is 1. The summed E-state index contributed by atoms with van der Waals surface area (Å²) >= 11 is 1.88. The minimum absolute atomic E-state index is 0.132. The molecule has 1 aromatic heterocycles. The van der Waals surface area contributed by atoms with Crippen molar-refractivity contribution < 1.29 is 9.90 Å². The third-order valence-electron chi connectivity index (χ3n) is 6.28. The van der Waals surface area contributed by atoms with Crippen LogP contribution in [0.25, 0.3) is 0 Å². The van der Waals surface area contributed by atoms with Crippen molar-refractivity contribution in [2.45, 2.75) is 57.5 Å². The maximum atomic E-state index is 12.0. The minimum Gasteiger partial charge on any atom is -0.481 e. The summed E-state index contributed by atoms with van der Waals surface area (Å²) in [5.74, 6) is -0.594. The lowest BCUT2D eigenvalue weighted by atomic mass is 9.68. The number of carbonyl (C=O) groups is 1. The molecule has 1 N–H and O–H groups in total. The Morgan fingerprint density at radius 2 is 2.12 bits per heavy atom. The van der Waals surface area contributed by atoms with Gasteiger partial charge in [0.05, 0.1) is 17.7 Å². The zero-order valence-electron chi connectivity index (χ0n) is 14.5. The van der Waals surface area contributed by atoms with Crippen LogP contribution >= 0.6 is 11.3 Å². The molecule has 132 valence electrons. The smallest absolute Gasteiger partial charge is 0.311 e. The van der Waals surface area contributed by atoms with E-state index in [-0.39, 0.29) is 6.04 Å². The molecule has 0 radical (unpaired) electrons. The number of carboxylic acid groups (broad SMARTS) is 1. The van der Waals surface area contributed by atoms with Crippen molar-refractivity contribution in [3.63, 3.8) is 0 Å². The highest BCUT2D eigenvalue weighted by Crippen LogP contribution is 2.42. The predicted octanol–water partition coefficient (Wildman–Crippen LogP) is 2.39. The van der Waals surface area contributed by atoms with Gasteiger partial charge in [-0.2, -0.15) is 0 Å². The van der Waals surface area contributed by atoms with Gasteiger partial charge >= 0.3 is 5.97 Å². The molecule has 0 amide bonds. The normalized spacial score (nSPS) is 31.5. The molecule has 2 fully saturated rings. The maximum absolute atomic E-state index is 12.0. The average Bonchev–Trinajstić information content (AvgIpc) is 2.97. The van der Waals surface area contributed by atoms with Crippen LogP contribution in [0, 0.1) is 5.41 Å². The van der Waals surface area contributed by atoms with Crippen molar-refractivity contribution in [3.8, 4) is 0 Å². The molecule has 24 heavy (non-hydrogen) atoms. The number of aliphatic carboxylic acids is 1. The fourth-order valence-electron chi connectivity index (χ4n) is 4.85. The Morgan fingerprint density at radius 3 is 2.92 bits per heavy atom. The van der Waals surface area contributed by atoms with E-state index < -0.39 is 11.4 Å². The van der Waals surface area contributed by atoms with Crippen molar-refractivity contribution >= 4 is 17.3 Å². The number of piperidine rings is 2. The van der Waals surface area contributed by atoms with Crippen LogP contribution in [0.1, 0.15) is 47.7 Å². The van der Waals surface area contributed by atoms with Crippen molar-refractivity contribution in [1.29, 1.82) is 0 Å². The van der Waals surface area contributed by atoms with Crippen molar-refractivity contribution in [3.05, 3.63) is 15.6 Å². The van der Waals surface area contributed by atoms with Gasteiger partial charge in [0.2, 0.25) is 0 Å². The van der Waals surface area contributed by atoms with E-state index in [0.29, 0.717) is 0 Å². The molecule has 1 aliphatic carbocycles. The molecule has 0 bridgehead atoms. The molecule has 0 unspecified atom stereocenters. The predicted molar refractivity (Wildman–Crippen MR) is 94.4 cm³/mol. The monoisotopic (exact) mass is 349 g/mol. The molecule has 0 aromatic carbocycles. The first-order valence-corrected chi connectivity index (χ1v) is 10.0. The second-order valence-corrected chi connectivity index (χ2v) is 8.90. The number of rotatable bonds is 3. The van der Waals surface area contributed by atoms with Gasteiger partial charge in [-0.3, -0.25) is 9.69 Å². The first-order chi connectivity index (χ1) is 11.6. The summed E-state index contributed by atoms with van der Waals surface area (Å²) in [6, 6.07) is 0.132. The third kappa shape index (κ3) is 2.78. The van der Waals surface area contributed by atoms with E-state index in [4.69, 9.17) is 4.98 Å². The van der Waals surface area contributed by atoms with Crippen LogP contribution in [0.5, 0.6) is 0 Å². The number of hydrogen-bond donors (Lipinski definition) is 1. The van der Waals surface area contributed by atoms with Gasteiger partial charge in [0.1, 0.15) is 5.01 Å². The summed E-state index contributed by atoms with van der Waals surface area (Å²) in [4.78, 5) is 23.1. The molecule has 3 aliphatic rings. The molecule has 5 nitrogen and oxygen atoms in total. The molecule has 2 aliphatic heterocycles. The number of likely N-dealkylation sites (N-methyl/N-ethyl adjacent to an activating group) is 1. The number of carboxylic acids is 1. The van der Waals surface area contributed by atoms with E-state index >= 15 is 0 Å². The number of thiazole rings is 1. The summed E-state index contributed by atoms with van der Waals surface area (Å²) in [7, 11) is 2.09. The van der Waals surface area contributed by atoms with Gasteiger partial charge in [-0.25, -0.2) is 4.98 Å². The zero-order valence-corrected chi connectivity index (χ0v) is 15.3. The van der Waals surface area contributed by atoms with Crippen LogP contribution in [-0.4, -0.2) is 58.6 Å². The number of aryl methyl sites for hydroxylation is 2. The highest BCUT2D eigenvalue weighted by molar-refractivity contribution is 7.11. The highest BCUT2D eigenvalue weighted by Gasteiger charge is 2.52. The summed E-state index contributed by atoms with van der Waals surface area (Å²) in [6.45, 7) is 3.63. The third-order valence-corrected chi connectivity index (χ3v) is 7.43. The fraction of sp³-hybridized carbons (Fsp3) is 0.778. The van der Waals surface area contributed by atoms with E-state index in [1.165, 1.54) is 34.8 Å². The van der Waals surface area contributed by atoms with Crippen LogP contribution in [0.15, 0.2) is 0 Å². The van der Waals surface area contributed by atoms with Gasteiger partial charge in [0.25, 0.3) is 0 Å². The Labute approximate surface area is 147 Å². The van der Waals surface area contributed by atoms with Crippen LogP contribution in [0.3, 0.4) is 0 Å². The van der Waals surface area contributed by atoms with E-state index in [2.05, 4.69) is 16.8 Å². The van der Waals surface area contributed by atoms with Gasteiger partial charge in [-0.05, 0) is 65.1 Å². The van der Waals surface area contributed by atoms with Gasteiger partial charge < -0.3 is 10.0 Å². The molecule has 0 spiro atoms. The van der Waals surface area contributed by atoms with E-state index in [9.17, 15) is 9.90 Å². The van der Waals surface area contributed by atoms with Crippen LogP contribution in [0.2, 0.25) is 0 Å². The summed E-state index contributed by atoms with van der Waals surface area (Å²) in [5, 5.41) is 11.1. The maximum Gasteiger partial charge on any atom is 0.311 e.